The summed E-state index contributed by atoms with van der Waals surface area (Å²) in [6, 6.07) is 8.19. The van der Waals surface area contributed by atoms with Crippen molar-refractivity contribution in [3.05, 3.63) is 36.2 Å². The zero-order chi connectivity index (χ0) is 15.8. The molecule has 0 spiro atoms. The molecule has 0 atom stereocenters. The molecule has 23 heavy (non-hydrogen) atoms. The maximum atomic E-state index is 12.9. The van der Waals surface area contributed by atoms with Crippen LogP contribution >= 0.6 is 0 Å². The Balaban J connectivity index is 1.72. The van der Waals surface area contributed by atoms with E-state index in [4.69, 9.17) is 14.2 Å². The Morgan fingerprint density at radius 3 is 2.83 bits per heavy atom. The normalized spacial score (nSPS) is 13.5. The van der Waals surface area contributed by atoms with Crippen LogP contribution in [0.4, 0.5) is 8.78 Å². The molecule has 0 saturated carbocycles. The van der Waals surface area contributed by atoms with Crippen LogP contribution in [-0.4, -0.2) is 33.0 Å². The molecule has 0 bridgehead atoms. The third-order valence-corrected chi connectivity index (χ3v) is 3.20. The topological polar surface area (TPSA) is 70.8 Å². The van der Waals surface area contributed by atoms with Gasteiger partial charge in [-0.1, -0.05) is 6.07 Å². The largest absolute Gasteiger partial charge is 0.486 e. The lowest BCUT2D eigenvalue weighted by Crippen LogP contribution is -2.15. The van der Waals surface area contributed by atoms with E-state index in [1.807, 2.05) is 0 Å². The first-order valence-electron chi connectivity index (χ1n) is 6.79. The fraction of sp³-hybridized carbons (Fsp3) is 0.214. The molecule has 4 rings (SSSR count). The lowest BCUT2D eigenvalue weighted by Gasteiger charge is -2.20. The lowest BCUT2D eigenvalue weighted by molar-refractivity contribution is 0.137. The molecule has 0 amide bonds. The van der Waals surface area contributed by atoms with Crippen LogP contribution in [0.1, 0.15) is 12.2 Å². The number of aromatic nitrogens is 4. The Kier molecular flexibility index (Phi) is 3.18. The predicted molar refractivity (Wildman–Crippen MR) is 73.2 cm³/mol. The summed E-state index contributed by atoms with van der Waals surface area (Å²) in [5, 5.41) is 11.0. The lowest BCUT2D eigenvalue weighted by atomic mass is 10.3. The van der Waals surface area contributed by atoms with Gasteiger partial charge in [-0.3, -0.25) is 0 Å². The Morgan fingerprint density at radius 2 is 1.96 bits per heavy atom. The molecule has 118 valence electrons. The predicted octanol–water partition coefficient (Wildman–Crippen LogP) is 2.63. The Bertz CT molecular complexity index is 868. The van der Waals surface area contributed by atoms with E-state index in [1.165, 1.54) is 12.1 Å². The molecule has 0 N–H and O–H groups in total. The Labute approximate surface area is 128 Å². The summed E-state index contributed by atoms with van der Waals surface area (Å²) >= 11 is 0. The third-order valence-electron chi connectivity index (χ3n) is 3.20. The standard InChI is InChI=1S/C14H10F2N4O3/c15-13(16)14-18-17-10-4-5-11(19-20(10)14)23-9-3-1-2-8-12(9)22-7-6-21-8/h1-5,13H,6-7H2. The second-order valence-electron chi connectivity index (χ2n) is 4.68. The van der Waals surface area contributed by atoms with Crippen LogP contribution in [-0.2, 0) is 0 Å². The number of hydrogen-bond donors (Lipinski definition) is 0. The molecule has 3 heterocycles. The fourth-order valence-corrected chi connectivity index (χ4v) is 2.22. The van der Waals surface area contributed by atoms with Crippen LogP contribution in [0, 0.1) is 0 Å². The van der Waals surface area contributed by atoms with Crippen molar-refractivity contribution in [2.75, 3.05) is 13.2 Å². The summed E-state index contributed by atoms with van der Waals surface area (Å²) in [5.41, 5.74) is 0.210. The highest BCUT2D eigenvalue weighted by atomic mass is 19.3. The molecule has 0 radical (unpaired) electrons. The number of benzene rings is 1. The zero-order valence-corrected chi connectivity index (χ0v) is 11.6. The minimum Gasteiger partial charge on any atom is -0.486 e. The van der Waals surface area contributed by atoms with Crippen molar-refractivity contribution in [1.82, 2.24) is 19.8 Å². The Hall–Kier alpha value is -2.97. The molecule has 2 aromatic heterocycles. The number of para-hydroxylation sites is 1. The minimum absolute atomic E-state index is 0.113. The van der Waals surface area contributed by atoms with Crippen molar-refractivity contribution in [1.29, 1.82) is 0 Å². The SMILES string of the molecule is FC(F)c1nnc2ccc(Oc3cccc4c3OCCO4)nn12. The molecule has 3 aromatic rings. The van der Waals surface area contributed by atoms with Crippen LogP contribution in [0.2, 0.25) is 0 Å². The van der Waals surface area contributed by atoms with Gasteiger partial charge in [-0.15, -0.1) is 15.3 Å². The van der Waals surface area contributed by atoms with E-state index in [-0.39, 0.29) is 11.5 Å². The molecule has 0 fully saturated rings. The average molecular weight is 320 g/mol. The number of alkyl halides is 2. The first-order chi connectivity index (χ1) is 11.2. The van der Waals surface area contributed by atoms with Crippen LogP contribution < -0.4 is 14.2 Å². The van der Waals surface area contributed by atoms with Gasteiger partial charge in [0.1, 0.15) is 13.2 Å². The second-order valence-corrected chi connectivity index (χ2v) is 4.68. The maximum absolute atomic E-state index is 12.9. The quantitative estimate of drug-likeness (QED) is 0.739. The van der Waals surface area contributed by atoms with Gasteiger partial charge in [-0.05, 0) is 18.2 Å². The van der Waals surface area contributed by atoms with Gasteiger partial charge >= 0.3 is 0 Å². The molecule has 1 aromatic carbocycles. The van der Waals surface area contributed by atoms with Crippen LogP contribution in [0.15, 0.2) is 30.3 Å². The van der Waals surface area contributed by atoms with Gasteiger partial charge in [0.05, 0.1) is 0 Å². The van der Waals surface area contributed by atoms with E-state index >= 15 is 0 Å². The molecule has 0 aliphatic carbocycles. The van der Waals surface area contributed by atoms with Crippen molar-refractivity contribution in [3.63, 3.8) is 0 Å². The zero-order valence-electron chi connectivity index (χ0n) is 11.6. The first-order valence-corrected chi connectivity index (χ1v) is 6.79. The Morgan fingerprint density at radius 1 is 1.09 bits per heavy atom. The van der Waals surface area contributed by atoms with Gasteiger partial charge in [-0.25, -0.2) is 8.78 Å². The molecular weight excluding hydrogens is 310 g/mol. The maximum Gasteiger partial charge on any atom is 0.299 e. The summed E-state index contributed by atoms with van der Waals surface area (Å²) in [7, 11) is 0. The summed E-state index contributed by atoms with van der Waals surface area (Å²) in [4.78, 5) is 0. The van der Waals surface area contributed by atoms with E-state index in [9.17, 15) is 8.78 Å². The van der Waals surface area contributed by atoms with Gasteiger partial charge in [0.25, 0.3) is 6.43 Å². The molecular formula is C14H10F2N4O3. The van der Waals surface area contributed by atoms with E-state index in [0.717, 1.165) is 4.52 Å². The highest BCUT2D eigenvalue weighted by Gasteiger charge is 2.20. The van der Waals surface area contributed by atoms with Gasteiger partial charge in [0, 0.05) is 6.07 Å². The first kappa shape index (κ1) is 13.7. The molecule has 1 aliphatic rings. The average Bonchev–Trinajstić information content (AvgIpc) is 2.99. The van der Waals surface area contributed by atoms with Gasteiger partial charge in [0.2, 0.25) is 17.5 Å². The van der Waals surface area contributed by atoms with E-state index in [2.05, 4.69) is 15.3 Å². The van der Waals surface area contributed by atoms with Gasteiger partial charge in [-0.2, -0.15) is 4.52 Å². The molecule has 9 heteroatoms. The van der Waals surface area contributed by atoms with Crippen molar-refractivity contribution < 1.29 is 23.0 Å². The van der Waals surface area contributed by atoms with Gasteiger partial charge in [0.15, 0.2) is 17.1 Å². The summed E-state index contributed by atoms with van der Waals surface area (Å²) in [6.45, 7) is 0.861. The molecule has 0 saturated heterocycles. The third kappa shape index (κ3) is 2.39. The highest BCUT2D eigenvalue weighted by molar-refractivity contribution is 5.53. The van der Waals surface area contributed by atoms with Crippen LogP contribution in [0.3, 0.4) is 0 Å². The van der Waals surface area contributed by atoms with E-state index < -0.39 is 12.2 Å². The fourth-order valence-electron chi connectivity index (χ4n) is 2.22. The molecule has 0 unspecified atom stereocenters. The summed E-state index contributed by atoms with van der Waals surface area (Å²) in [5.74, 6) is 0.980. The number of nitrogens with zero attached hydrogens (tertiary/aromatic N) is 4. The van der Waals surface area contributed by atoms with Crippen LogP contribution in [0.5, 0.6) is 23.1 Å². The van der Waals surface area contributed by atoms with E-state index in [0.29, 0.717) is 30.5 Å². The smallest absolute Gasteiger partial charge is 0.299 e. The highest BCUT2D eigenvalue weighted by Crippen LogP contribution is 2.40. The number of rotatable bonds is 3. The number of ether oxygens (including phenoxy) is 3. The van der Waals surface area contributed by atoms with Crippen molar-refractivity contribution in [2.45, 2.75) is 6.43 Å². The summed E-state index contributed by atoms with van der Waals surface area (Å²) in [6.07, 6.45) is -2.78. The van der Waals surface area contributed by atoms with Crippen molar-refractivity contribution in [2.24, 2.45) is 0 Å². The second kappa shape index (κ2) is 5.34. The summed E-state index contributed by atoms with van der Waals surface area (Å²) < 4.78 is 43.3. The molecule has 7 nitrogen and oxygen atoms in total. The van der Waals surface area contributed by atoms with Crippen molar-refractivity contribution >= 4 is 5.65 Å². The number of halogens is 2. The van der Waals surface area contributed by atoms with Crippen molar-refractivity contribution in [3.8, 4) is 23.1 Å². The van der Waals surface area contributed by atoms with Crippen LogP contribution in [0.25, 0.3) is 5.65 Å². The number of hydrogen-bond acceptors (Lipinski definition) is 6. The monoisotopic (exact) mass is 320 g/mol. The molecule has 1 aliphatic heterocycles. The minimum atomic E-state index is -2.78. The van der Waals surface area contributed by atoms with Gasteiger partial charge < -0.3 is 14.2 Å². The van der Waals surface area contributed by atoms with E-state index in [1.54, 1.807) is 18.2 Å². The number of fused-ring (bicyclic) bond motifs is 2.